The van der Waals surface area contributed by atoms with Crippen LogP contribution >= 0.6 is 0 Å². The van der Waals surface area contributed by atoms with Crippen LogP contribution in [-0.4, -0.2) is 44.7 Å². The van der Waals surface area contributed by atoms with Crippen LogP contribution in [0.2, 0.25) is 0 Å². The fourth-order valence-electron chi connectivity index (χ4n) is 1.65. The number of ether oxygens (including phenoxy) is 1. The molecule has 0 unspecified atom stereocenters. The van der Waals surface area contributed by atoms with Crippen molar-refractivity contribution in [3.8, 4) is 0 Å². The Morgan fingerprint density at radius 1 is 1.26 bits per heavy atom. The van der Waals surface area contributed by atoms with Crippen molar-refractivity contribution in [3.63, 3.8) is 0 Å². The number of quaternary nitrogens is 1. The lowest BCUT2D eigenvalue weighted by Gasteiger charge is -2.23. The zero-order chi connectivity index (χ0) is 14.3. The van der Waals surface area contributed by atoms with Gasteiger partial charge in [0.05, 0.1) is 21.1 Å². The summed E-state index contributed by atoms with van der Waals surface area (Å²) in [6.45, 7) is 3.36. The van der Waals surface area contributed by atoms with Crippen molar-refractivity contribution in [3.05, 3.63) is 23.7 Å². The van der Waals surface area contributed by atoms with Crippen LogP contribution in [0.4, 0.5) is 0 Å². The molecular formula is C15H26NO3+. The smallest absolute Gasteiger partial charge is 0.374 e. The van der Waals surface area contributed by atoms with Crippen molar-refractivity contribution in [2.45, 2.75) is 32.6 Å². The molecule has 0 fully saturated rings. The van der Waals surface area contributed by atoms with E-state index in [4.69, 9.17) is 9.15 Å². The molecule has 108 valence electrons. The van der Waals surface area contributed by atoms with E-state index in [1.165, 1.54) is 12.8 Å². The Labute approximate surface area is 115 Å². The van der Waals surface area contributed by atoms with Crippen LogP contribution in [0.25, 0.3) is 0 Å². The molecule has 1 aromatic rings. The normalized spacial score (nSPS) is 11.6. The van der Waals surface area contributed by atoms with Crippen molar-refractivity contribution in [1.82, 2.24) is 0 Å². The second-order valence-electron chi connectivity index (χ2n) is 5.87. The van der Waals surface area contributed by atoms with Gasteiger partial charge in [-0.3, -0.25) is 0 Å². The van der Waals surface area contributed by atoms with E-state index in [0.29, 0.717) is 12.4 Å². The number of nitrogens with zero attached hydrogens (tertiary/aromatic N) is 1. The molecule has 0 aromatic carbocycles. The molecule has 0 amide bonds. The molecule has 19 heavy (non-hydrogen) atoms. The number of carbonyl (C=O) groups excluding carboxylic acids is 1. The summed E-state index contributed by atoms with van der Waals surface area (Å²) in [5, 5.41) is 0. The van der Waals surface area contributed by atoms with E-state index in [1.807, 2.05) is 6.07 Å². The van der Waals surface area contributed by atoms with E-state index in [-0.39, 0.29) is 5.97 Å². The Kier molecular flexibility index (Phi) is 6.09. The van der Waals surface area contributed by atoms with Gasteiger partial charge in [0.1, 0.15) is 18.9 Å². The van der Waals surface area contributed by atoms with Gasteiger partial charge in [0.25, 0.3) is 0 Å². The zero-order valence-electron chi connectivity index (χ0n) is 12.6. The molecule has 0 spiro atoms. The first kappa shape index (κ1) is 15.8. The SMILES string of the molecule is CCCCCc1ccc(C(=O)OCC[N+](C)(C)C)o1. The highest BCUT2D eigenvalue weighted by Crippen LogP contribution is 2.12. The predicted octanol–water partition coefficient (Wildman–Crippen LogP) is 2.88. The molecule has 1 aromatic heterocycles. The summed E-state index contributed by atoms with van der Waals surface area (Å²) in [6, 6.07) is 3.57. The molecule has 4 heteroatoms. The van der Waals surface area contributed by atoms with Crippen molar-refractivity contribution in [1.29, 1.82) is 0 Å². The third kappa shape index (κ3) is 6.43. The quantitative estimate of drug-likeness (QED) is 0.413. The highest BCUT2D eigenvalue weighted by atomic mass is 16.5. The maximum atomic E-state index is 11.8. The molecular weight excluding hydrogens is 242 g/mol. The minimum Gasteiger partial charge on any atom is -0.454 e. The molecule has 0 N–H and O–H groups in total. The Balaban J connectivity index is 2.36. The highest BCUT2D eigenvalue weighted by Gasteiger charge is 2.14. The third-order valence-electron chi connectivity index (χ3n) is 2.88. The first-order valence-corrected chi connectivity index (χ1v) is 6.98. The maximum Gasteiger partial charge on any atom is 0.374 e. The molecule has 0 saturated heterocycles. The Morgan fingerprint density at radius 3 is 2.63 bits per heavy atom. The van der Waals surface area contributed by atoms with Gasteiger partial charge in [-0.2, -0.15) is 0 Å². The number of carbonyl (C=O) groups is 1. The van der Waals surface area contributed by atoms with Crippen LogP contribution in [-0.2, 0) is 11.2 Å². The van der Waals surface area contributed by atoms with Crippen molar-refractivity contribution in [2.75, 3.05) is 34.3 Å². The van der Waals surface area contributed by atoms with E-state index in [0.717, 1.165) is 29.6 Å². The summed E-state index contributed by atoms with van der Waals surface area (Å²) < 4.78 is 11.5. The van der Waals surface area contributed by atoms with Crippen LogP contribution in [0.5, 0.6) is 0 Å². The van der Waals surface area contributed by atoms with Crippen LogP contribution in [0, 0.1) is 0 Å². The summed E-state index contributed by atoms with van der Waals surface area (Å²) in [7, 11) is 6.19. The van der Waals surface area contributed by atoms with Crippen molar-refractivity contribution >= 4 is 5.97 Å². The second-order valence-corrected chi connectivity index (χ2v) is 5.87. The average Bonchev–Trinajstić information content (AvgIpc) is 2.76. The van der Waals surface area contributed by atoms with Crippen LogP contribution < -0.4 is 0 Å². The highest BCUT2D eigenvalue weighted by molar-refractivity contribution is 5.86. The van der Waals surface area contributed by atoms with Gasteiger partial charge in [-0.1, -0.05) is 19.8 Å². The first-order valence-electron chi connectivity index (χ1n) is 6.98. The molecule has 0 bridgehead atoms. The molecule has 0 aliphatic rings. The number of unbranched alkanes of at least 4 members (excludes halogenated alkanes) is 2. The molecule has 0 saturated carbocycles. The van der Waals surface area contributed by atoms with Gasteiger partial charge in [-0.25, -0.2) is 4.79 Å². The van der Waals surface area contributed by atoms with Gasteiger partial charge in [0, 0.05) is 6.42 Å². The lowest BCUT2D eigenvalue weighted by molar-refractivity contribution is -0.870. The number of esters is 1. The van der Waals surface area contributed by atoms with Crippen LogP contribution in [0.15, 0.2) is 16.5 Å². The topological polar surface area (TPSA) is 39.4 Å². The molecule has 0 aliphatic carbocycles. The number of hydrogen-bond acceptors (Lipinski definition) is 3. The van der Waals surface area contributed by atoms with Gasteiger partial charge in [0.15, 0.2) is 0 Å². The lowest BCUT2D eigenvalue weighted by Crippen LogP contribution is -2.37. The van der Waals surface area contributed by atoms with Crippen molar-refractivity contribution < 1.29 is 18.4 Å². The summed E-state index contributed by atoms with van der Waals surface area (Å²) in [5.74, 6) is 0.815. The van der Waals surface area contributed by atoms with Gasteiger partial charge in [0.2, 0.25) is 5.76 Å². The minimum atomic E-state index is -0.366. The maximum absolute atomic E-state index is 11.8. The minimum absolute atomic E-state index is 0.313. The predicted molar refractivity (Wildman–Crippen MR) is 75.1 cm³/mol. The lowest BCUT2D eigenvalue weighted by atomic mass is 10.2. The fourth-order valence-corrected chi connectivity index (χ4v) is 1.65. The fraction of sp³-hybridized carbons (Fsp3) is 0.667. The number of aryl methyl sites for hydroxylation is 1. The van der Waals surface area contributed by atoms with Gasteiger partial charge >= 0.3 is 5.97 Å². The molecule has 4 nitrogen and oxygen atoms in total. The number of furan rings is 1. The molecule has 0 radical (unpaired) electrons. The summed E-state index contributed by atoms with van der Waals surface area (Å²) >= 11 is 0. The molecule has 1 rings (SSSR count). The van der Waals surface area contributed by atoms with E-state index in [9.17, 15) is 4.79 Å². The standard InChI is InChI=1S/C15H26NO3/c1-5-6-7-8-13-9-10-14(19-13)15(17)18-12-11-16(2,3)4/h9-10H,5-8,11-12H2,1-4H3/q+1. The number of hydrogen-bond donors (Lipinski definition) is 0. The van der Waals surface area contributed by atoms with E-state index < -0.39 is 0 Å². The zero-order valence-corrected chi connectivity index (χ0v) is 12.6. The summed E-state index contributed by atoms with van der Waals surface area (Å²) in [4.78, 5) is 11.8. The monoisotopic (exact) mass is 268 g/mol. The van der Waals surface area contributed by atoms with E-state index >= 15 is 0 Å². The summed E-state index contributed by atoms with van der Waals surface area (Å²) in [6.07, 6.45) is 4.35. The first-order chi connectivity index (χ1) is 8.92. The second kappa shape index (κ2) is 7.34. The third-order valence-corrected chi connectivity index (χ3v) is 2.88. The van der Waals surface area contributed by atoms with Crippen LogP contribution in [0.3, 0.4) is 0 Å². The Morgan fingerprint density at radius 2 is 2.00 bits per heavy atom. The average molecular weight is 268 g/mol. The van der Waals surface area contributed by atoms with Crippen LogP contribution in [0.1, 0.15) is 42.5 Å². The Hall–Kier alpha value is -1.29. The van der Waals surface area contributed by atoms with E-state index in [2.05, 4.69) is 28.1 Å². The van der Waals surface area contributed by atoms with Gasteiger partial charge < -0.3 is 13.6 Å². The molecule has 0 atom stereocenters. The van der Waals surface area contributed by atoms with Crippen molar-refractivity contribution in [2.24, 2.45) is 0 Å². The largest absolute Gasteiger partial charge is 0.454 e. The molecule has 0 aliphatic heterocycles. The molecule has 1 heterocycles. The number of rotatable bonds is 8. The van der Waals surface area contributed by atoms with Gasteiger partial charge in [-0.15, -0.1) is 0 Å². The Bertz CT molecular complexity index is 390. The summed E-state index contributed by atoms with van der Waals surface area (Å²) in [5.41, 5.74) is 0. The van der Waals surface area contributed by atoms with E-state index in [1.54, 1.807) is 6.07 Å². The van der Waals surface area contributed by atoms with Gasteiger partial charge in [-0.05, 0) is 18.6 Å². The number of likely N-dealkylation sites (N-methyl/N-ethyl adjacent to an activating group) is 1.